The van der Waals surface area contributed by atoms with E-state index in [4.69, 9.17) is 0 Å². The van der Waals surface area contributed by atoms with Gasteiger partial charge in [0.2, 0.25) is 0 Å². The minimum atomic E-state index is -0.199. The van der Waals surface area contributed by atoms with Crippen molar-refractivity contribution < 1.29 is 4.39 Å². The highest BCUT2D eigenvalue weighted by Crippen LogP contribution is 2.27. The molecule has 0 spiro atoms. The lowest BCUT2D eigenvalue weighted by Gasteiger charge is -2.21. The molecule has 1 unspecified atom stereocenters. The van der Waals surface area contributed by atoms with Gasteiger partial charge < -0.3 is 5.32 Å². The number of pyridine rings is 1. The van der Waals surface area contributed by atoms with Gasteiger partial charge in [-0.05, 0) is 71.3 Å². The summed E-state index contributed by atoms with van der Waals surface area (Å²) in [7, 11) is 0. The molecule has 2 nitrogen and oxygen atoms in total. The Bertz CT molecular complexity index is 586. The molecule has 0 amide bonds. The Labute approximate surface area is 133 Å². The Hall–Kier alpha value is -1.01. The number of halogens is 2. The number of hydrogen-bond donors (Lipinski definition) is 1. The van der Waals surface area contributed by atoms with Crippen molar-refractivity contribution in [1.29, 1.82) is 0 Å². The van der Waals surface area contributed by atoms with Crippen molar-refractivity contribution in [3.8, 4) is 0 Å². The zero-order valence-corrected chi connectivity index (χ0v) is 13.8. The van der Waals surface area contributed by atoms with Gasteiger partial charge >= 0.3 is 0 Å². The van der Waals surface area contributed by atoms with Crippen molar-refractivity contribution in [1.82, 2.24) is 10.3 Å². The average Bonchev–Trinajstić information content (AvgIpc) is 2.41. The summed E-state index contributed by atoms with van der Waals surface area (Å²) in [5.41, 5.74) is 3.33. The number of aromatic nitrogens is 1. The highest BCUT2D eigenvalue weighted by molar-refractivity contribution is 14.1. The molecule has 0 aliphatic carbocycles. The SMILES string of the molecule is CCCNC(c1cncc(C)c1)c1ccc(F)cc1I. The second kappa shape index (κ2) is 7.13. The van der Waals surface area contributed by atoms with Gasteiger partial charge in [-0.2, -0.15) is 0 Å². The molecule has 0 aliphatic heterocycles. The molecule has 20 heavy (non-hydrogen) atoms. The summed E-state index contributed by atoms with van der Waals surface area (Å²) in [5.74, 6) is -0.199. The topological polar surface area (TPSA) is 24.9 Å². The van der Waals surface area contributed by atoms with Gasteiger partial charge in [0.25, 0.3) is 0 Å². The van der Waals surface area contributed by atoms with Crippen LogP contribution in [0.4, 0.5) is 4.39 Å². The Morgan fingerprint density at radius 1 is 1.30 bits per heavy atom. The number of benzene rings is 1. The second-order valence-electron chi connectivity index (χ2n) is 4.85. The zero-order chi connectivity index (χ0) is 14.5. The van der Waals surface area contributed by atoms with Gasteiger partial charge in [-0.15, -0.1) is 0 Å². The number of nitrogens with one attached hydrogen (secondary N) is 1. The van der Waals surface area contributed by atoms with Crippen LogP contribution in [-0.2, 0) is 0 Å². The largest absolute Gasteiger partial charge is 0.306 e. The van der Waals surface area contributed by atoms with E-state index in [1.807, 2.05) is 25.4 Å². The lowest BCUT2D eigenvalue weighted by molar-refractivity contribution is 0.589. The first-order valence-electron chi connectivity index (χ1n) is 6.71. The van der Waals surface area contributed by atoms with E-state index in [0.717, 1.165) is 33.2 Å². The van der Waals surface area contributed by atoms with Crippen LogP contribution >= 0.6 is 22.6 Å². The highest BCUT2D eigenvalue weighted by Gasteiger charge is 2.17. The molecule has 0 saturated heterocycles. The van der Waals surface area contributed by atoms with Crippen LogP contribution in [0.25, 0.3) is 0 Å². The Balaban J connectivity index is 2.41. The molecule has 1 atom stereocenters. The molecule has 2 aromatic rings. The van der Waals surface area contributed by atoms with Crippen LogP contribution in [-0.4, -0.2) is 11.5 Å². The van der Waals surface area contributed by atoms with Crippen LogP contribution in [0.1, 0.15) is 36.1 Å². The van der Waals surface area contributed by atoms with Crippen molar-refractivity contribution in [3.63, 3.8) is 0 Å². The van der Waals surface area contributed by atoms with Gasteiger partial charge in [0, 0.05) is 16.0 Å². The fraction of sp³-hybridized carbons (Fsp3) is 0.312. The number of rotatable bonds is 5. The van der Waals surface area contributed by atoms with Crippen LogP contribution in [0.5, 0.6) is 0 Å². The van der Waals surface area contributed by atoms with Gasteiger partial charge in [-0.3, -0.25) is 4.98 Å². The molecule has 0 saturated carbocycles. The lowest BCUT2D eigenvalue weighted by Crippen LogP contribution is -2.24. The van der Waals surface area contributed by atoms with E-state index < -0.39 is 0 Å². The normalized spacial score (nSPS) is 12.4. The van der Waals surface area contributed by atoms with Crippen LogP contribution in [0.2, 0.25) is 0 Å². The molecule has 1 N–H and O–H groups in total. The van der Waals surface area contributed by atoms with Crippen LogP contribution in [0.3, 0.4) is 0 Å². The first-order valence-corrected chi connectivity index (χ1v) is 7.79. The number of aryl methyl sites for hydroxylation is 1. The Morgan fingerprint density at radius 3 is 2.75 bits per heavy atom. The predicted molar refractivity (Wildman–Crippen MR) is 88.2 cm³/mol. The van der Waals surface area contributed by atoms with E-state index in [9.17, 15) is 4.39 Å². The van der Waals surface area contributed by atoms with E-state index in [2.05, 4.69) is 45.9 Å². The molecule has 4 heteroatoms. The summed E-state index contributed by atoms with van der Waals surface area (Å²) in [6.45, 7) is 5.07. The maximum atomic E-state index is 13.3. The predicted octanol–water partition coefficient (Wildman–Crippen LogP) is 4.22. The lowest BCUT2D eigenvalue weighted by atomic mass is 9.99. The molecule has 2 rings (SSSR count). The molecular formula is C16H18FIN2. The summed E-state index contributed by atoms with van der Waals surface area (Å²) in [6.07, 6.45) is 4.77. The Morgan fingerprint density at radius 2 is 2.10 bits per heavy atom. The van der Waals surface area contributed by atoms with Crippen LogP contribution in [0.15, 0.2) is 36.7 Å². The molecule has 1 aromatic heterocycles. The summed E-state index contributed by atoms with van der Waals surface area (Å²) < 4.78 is 14.2. The fourth-order valence-corrected chi connectivity index (χ4v) is 2.96. The highest BCUT2D eigenvalue weighted by atomic mass is 127. The van der Waals surface area contributed by atoms with E-state index in [-0.39, 0.29) is 11.9 Å². The van der Waals surface area contributed by atoms with E-state index in [1.165, 1.54) is 6.07 Å². The third-order valence-electron chi connectivity index (χ3n) is 3.10. The first kappa shape index (κ1) is 15.4. The number of nitrogens with zero attached hydrogens (tertiary/aromatic N) is 1. The standard InChI is InChI=1S/C16H18FIN2/c1-3-6-20-16(12-7-11(2)9-19-10-12)14-5-4-13(17)8-15(14)18/h4-5,7-10,16,20H,3,6H2,1-2H3. The average molecular weight is 384 g/mol. The minimum Gasteiger partial charge on any atom is -0.306 e. The molecule has 0 radical (unpaired) electrons. The summed E-state index contributed by atoms with van der Waals surface area (Å²) in [4.78, 5) is 4.27. The van der Waals surface area contributed by atoms with Gasteiger partial charge in [0.15, 0.2) is 0 Å². The Kier molecular flexibility index (Phi) is 5.48. The van der Waals surface area contributed by atoms with E-state index >= 15 is 0 Å². The van der Waals surface area contributed by atoms with Crippen molar-refractivity contribution in [2.45, 2.75) is 26.3 Å². The zero-order valence-electron chi connectivity index (χ0n) is 11.7. The van der Waals surface area contributed by atoms with E-state index in [0.29, 0.717) is 0 Å². The van der Waals surface area contributed by atoms with Crippen LogP contribution < -0.4 is 5.32 Å². The molecule has 0 aliphatic rings. The molecule has 0 fully saturated rings. The first-order chi connectivity index (χ1) is 9.61. The fourth-order valence-electron chi connectivity index (χ4n) is 2.17. The molecule has 1 aromatic carbocycles. The quantitative estimate of drug-likeness (QED) is 0.781. The molecular weight excluding hydrogens is 366 g/mol. The third kappa shape index (κ3) is 3.76. The minimum absolute atomic E-state index is 0.0508. The summed E-state index contributed by atoms with van der Waals surface area (Å²) in [6, 6.07) is 7.11. The number of hydrogen-bond acceptors (Lipinski definition) is 2. The van der Waals surface area contributed by atoms with E-state index in [1.54, 1.807) is 6.07 Å². The summed E-state index contributed by atoms with van der Waals surface area (Å²) in [5, 5.41) is 3.52. The van der Waals surface area contributed by atoms with Gasteiger partial charge in [0.05, 0.1) is 6.04 Å². The third-order valence-corrected chi connectivity index (χ3v) is 4.04. The second-order valence-corrected chi connectivity index (χ2v) is 6.01. The molecule has 106 valence electrons. The monoisotopic (exact) mass is 384 g/mol. The maximum absolute atomic E-state index is 13.3. The van der Waals surface area contributed by atoms with Crippen LogP contribution in [0, 0.1) is 16.3 Å². The van der Waals surface area contributed by atoms with Crippen molar-refractivity contribution in [2.24, 2.45) is 0 Å². The van der Waals surface area contributed by atoms with Crippen molar-refractivity contribution in [3.05, 3.63) is 62.7 Å². The van der Waals surface area contributed by atoms with Gasteiger partial charge in [-0.25, -0.2) is 4.39 Å². The van der Waals surface area contributed by atoms with Crippen molar-refractivity contribution in [2.75, 3.05) is 6.54 Å². The molecule has 0 bridgehead atoms. The summed E-state index contributed by atoms with van der Waals surface area (Å²) >= 11 is 2.19. The van der Waals surface area contributed by atoms with Gasteiger partial charge in [0.1, 0.15) is 5.82 Å². The smallest absolute Gasteiger partial charge is 0.124 e. The maximum Gasteiger partial charge on any atom is 0.124 e. The van der Waals surface area contributed by atoms with Crippen molar-refractivity contribution >= 4 is 22.6 Å². The molecule has 1 heterocycles. The van der Waals surface area contributed by atoms with Gasteiger partial charge in [-0.1, -0.05) is 19.1 Å².